The third kappa shape index (κ3) is 5.83. The second-order valence-electron chi connectivity index (χ2n) is 6.04. The predicted molar refractivity (Wildman–Crippen MR) is 97.8 cm³/mol. The molecule has 0 radical (unpaired) electrons. The van der Waals surface area contributed by atoms with Gasteiger partial charge in [-0.25, -0.2) is 0 Å². The van der Waals surface area contributed by atoms with Gasteiger partial charge in [0.05, 0.1) is 12.1 Å². The molecular weight excluding hydrogens is 375 g/mol. The Bertz CT molecular complexity index is 897. The minimum atomic E-state index is -4.52. The van der Waals surface area contributed by atoms with Gasteiger partial charge in [0.1, 0.15) is 0 Å². The fourth-order valence-corrected chi connectivity index (χ4v) is 2.24. The van der Waals surface area contributed by atoms with Crippen molar-refractivity contribution in [1.29, 1.82) is 0 Å². The topological polar surface area (TPSA) is 78.5 Å². The standard InChI is InChI=1S/C19H18F3N3O3/c1-12(26)25(2)11-17(27)23-15-7-3-5-13(9-15)18(28)24-16-8-4-6-14(10-16)19(20,21)22/h3-10H,11H2,1-2H3,(H,23,27)(H,24,28). The van der Waals surface area contributed by atoms with E-state index in [4.69, 9.17) is 0 Å². The summed E-state index contributed by atoms with van der Waals surface area (Å²) in [7, 11) is 1.47. The van der Waals surface area contributed by atoms with Crippen LogP contribution in [-0.4, -0.2) is 36.2 Å². The number of hydrogen-bond donors (Lipinski definition) is 2. The molecule has 148 valence electrons. The molecule has 0 saturated carbocycles. The predicted octanol–water partition coefficient (Wildman–Crippen LogP) is 3.37. The third-order valence-electron chi connectivity index (χ3n) is 3.77. The fraction of sp³-hybridized carbons (Fsp3) is 0.211. The Morgan fingerprint density at radius 3 is 2.18 bits per heavy atom. The zero-order valence-electron chi connectivity index (χ0n) is 15.1. The monoisotopic (exact) mass is 393 g/mol. The number of carbonyl (C=O) groups excluding carboxylic acids is 3. The van der Waals surface area contributed by atoms with Crippen molar-refractivity contribution >= 4 is 29.1 Å². The quantitative estimate of drug-likeness (QED) is 0.818. The van der Waals surface area contributed by atoms with Crippen molar-refractivity contribution in [2.75, 3.05) is 24.2 Å². The number of nitrogens with zero attached hydrogens (tertiary/aromatic N) is 1. The molecule has 9 heteroatoms. The van der Waals surface area contributed by atoms with Gasteiger partial charge in [0.2, 0.25) is 11.8 Å². The number of benzene rings is 2. The summed E-state index contributed by atoms with van der Waals surface area (Å²) in [4.78, 5) is 36.6. The number of likely N-dealkylation sites (N-methyl/N-ethyl adjacent to an activating group) is 1. The largest absolute Gasteiger partial charge is 0.416 e. The molecule has 0 unspecified atom stereocenters. The van der Waals surface area contributed by atoms with Gasteiger partial charge in [-0.2, -0.15) is 13.2 Å². The lowest BCUT2D eigenvalue weighted by Crippen LogP contribution is -2.33. The van der Waals surface area contributed by atoms with Crippen LogP contribution < -0.4 is 10.6 Å². The van der Waals surface area contributed by atoms with Crippen LogP contribution in [0.3, 0.4) is 0 Å². The summed E-state index contributed by atoms with van der Waals surface area (Å²) in [5, 5.41) is 4.95. The van der Waals surface area contributed by atoms with E-state index in [1.165, 1.54) is 49.2 Å². The molecule has 3 amide bonds. The first-order chi connectivity index (χ1) is 13.1. The molecule has 2 rings (SSSR count). The van der Waals surface area contributed by atoms with Crippen LogP contribution in [0, 0.1) is 0 Å². The molecule has 0 aromatic heterocycles. The van der Waals surface area contributed by atoms with Crippen molar-refractivity contribution in [3.8, 4) is 0 Å². The highest BCUT2D eigenvalue weighted by atomic mass is 19.4. The summed E-state index contributed by atoms with van der Waals surface area (Å²) in [6.07, 6.45) is -4.52. The Morgan fingerprint density at radius 1 is 0.964 bits per heavy atom. The van der Waals surface area contributed by atoms with E-state index in [1.54, 1.807) is 6.07 Å². The molecule has 28 heavy (non-hydrogen) atoms. The van der Waals surface area contributed by atoms with Crippen LogP contribution in [0.1, 0.15) is 22.8 Å². The average Bonchev–Trinajstić information content (AvgIpc) is 2.61. The number of anilines is 2. The number of carbonyl (C=O) groups is 3. The van der Waals surface area contributed by atoms with E-state index in [1.807, 2.05) is 0 Å². The molecule has 0 aliphatic rings. The number of nitrogens with one attached hydrogen (secondary N) is 2. The van der Waals surface area contributed by atoms with Gasteiger partial charge < -0.3 is 15.5 Å². The van der Waals surface area contributed by atoms with Gasteiger partial charge in [-0.3, -0.25) is 14.4 Å². The maximum atomic E-state index is 12.8. The lowest BCUT2D eigenvalue weighted by atomic mass is 10.1. The molecule has 0 atom stereocenters. The Hall–Kier alpha value is -3.36. The lowest BCUT2D eigenvalue weighted by molar-refractivity contribution is -0.137. The molecule has 2 aromatic carbocycles. The number of halogens is 3. The van der Waals surface area contributed by atoms with E-state index in [0.717, 1.165) is 12.1 Å². The van der Waals surface area contributed by atoms with Crippen LogP contribution in [0.5, 0.6) is 0 Å². The van der Waals surface area contributed by atoms with Gasteiger partial charge in [0, 0.05) is 30.9 Å². The smallest absolute Gasteiger partial charge is 0.337 e. The van der Waals surface area contributed by atoms with Crippen LogP contribution in [0.15, 0.2) is 48.5 Å². The SMILES string of the molecule is CC(=O)N(C)CC(=O)Nc1cccc(C(=O)Nc2cccc(C(F)(F)F)c2)c1. The number of rotatable bonds is 5. The summed E-state index contributed by atoms with van der Waals surface area (Å²) in [6.45, 7) is 1.17. The van der Waals surface area contributed by atoms with Crippen molar-refractivity contribution in [1.82, 2.24) is 4.90 Å². The van der Waals surface area contributed by atoms with Gasteiger partial charge in [0.15, 0.2) is 0 Å². The summed E-state index contributed by atoms with van der Waals surface area (Å²) < 4.78 is 38.3. The lowest BCUT2D eigenvalue weighted by Gasteiger charge is -2.14. The Morgan fingerprint density at radius 2 is 1.57 bits per heavy atom. The van der Waals surface area contributed by atoms with Gasteiger partial charge in [0.25, 0.3) is 5.91 Å². The van der Waals surface area contributed by atoms with Crippen LogP contribution in [0.2, 0.25) is 0 Å². The molecule has 0 aliphatic heterocycles. The van der Waals surface area contributed by atoms with E-state index < -0.39 is 23.6 Å². The summed E-state index contributed by atoms with van der Waals surface area (Å²) in [5.74, 6) is -1.35. The maximum Gasteiger partial charge on any atom is 0.416 e. The van der Waals surface area contributed by atoms with Crippen molar-refractivity contribution in [2.45, 2.75) is 13.1 Å². The molecule has 2 N–H and O–H groups in total. The zero-order chi connectivity index (χ0) is 20.9. The van der Waals surface area contributed by atoms with Crippen LogP contribution in [0.4, 0.5) is 24.5 Å². The van der Waals surface area contributed by atoms with Crippen molar-refractivity contribution < 1.29 is 27.6 Å². The number of amides is 3. The highest BCUT2D eigenvalue weighted by Gasteiger charge is 2.30. The zero-order valence-corrected chi connectivity index (χ0v) is 15.1. The second-order valence-corrected chi connectivity index (χ2v) is 6.04. The molecule has 0 saturated heterocycles. The van der Waals surface area contributed by atoms with Crippen LogP contribution in [-0.2, 0) is 15.8 Å². The van der Waals surface area contributed by atoms with Crippen LogP contribution in [0.25, 0.3) is 0 Å². The molecule has 0 spiro atoms. The van der Waals surface area contributed by atoms with Gasteiger partial charge >= 0.3 is 6.18 Å². The first-order valence-corrected chi connectivity index (χ1v) is 8.16. The molecular formula is C19H18F3N3O3. The van der Waals surface area contributed by atoms with Crippen molar-refractivity contribution in [3.63, 3.8) is 0 Å². The van der Waals surface area contributed by atoms with Gasteiger partial charge in [-0.1, -0.05) is 12.1 Å². The highest BCUT2D eigenvalue weighted by Crippen LogP contribution is 2.30. The van der Waals surface area contributed by atoms with Gasteiger partial charge in [-0.05, 0) is 36.4 Å². The maximum absolute atomic E-state index is 12.8. The molecule has 0 aliphatic carbocycles. The van der Waals surface area contributed by atoms with E-state index in [-0.39, 0.29) is 23.7 Å². The second kappa shape index (κ2) is 8.55. The van der Waals surface area contributed by atoms with Crippen LogP contribution >= 0.6 is 0 Å². The van der Waals surface area contributed by atoms with Crippen molar-refractivity contribution in [2.24, 2.45) is 0 Å². The molecule has 0 bridgehead atoms. The first-order valence-electron chi connectivity index (χ1n) is 8.16. The highest BCUT2D eigenvalue weighted by molar-refractivity contribution is 6.05. The van der Waals surface area contributed by atoms with E-state index in [9.17, 15) is 27.6 Å². The Kier molecular flexibility index (Phi) is 6.40. The third-order valence-corrected chi connectivity index (χ3v) is 3.77. The Labute approximate surface area is 159 Å². The first kappa shape index (κ1) is 20.9. The average molecular weight is 393 g/mol. The van der Waals surface area contributed by atoms with E-state index >= 15 is 0 Å². The number of alkyl halides is 3. The van der Waals surface area contributed by atoms with E-state index in [0.29, 0.717) is 5.69 Å². The minimum Gasteiger partial charge on any atom is -0.337 e. The summed E-state index contributed by atoms with van der Waals surface area (Å²) in [6, 6.07) is 10.2. The molecule has 0 heterocycles. The summed E-state index contributed by atoms with van der Waals surface area (Å²) >= 11 is 0. The number of hydrogen-bond acceptors (Lipinski definition) is 3. The van der Waals surface area contributed by atoms with Crippen molar-refractivity contribution in [3.05, 3.63) is 59.7 Å². The van der Waals surface area contributed by atoms with E-state index in [2.05, 4.69) is 10.6 Å². The minimum absolute atomic E-state index is 0.00246. The normalized spacial score (nSPS) is 10.9. The molecule has 6 nitrogen and oxygen atoms in total. The van der Waals surface area contributed by atoms with Gasteiger partial charge in [-0.15, -0.1) is 0 Å². The fourth-order valence-electron chi connectivity index (χ4n) is 2.24. The Balaban J connectivity index is 2.08. The molecule has 2 aromatic rings. The summed E-state index contributed by atoms with van der Waals surface area (Å²) in [5.41, 5.74) is -0.410. The molecule has 0 fully saturated rings.